The summed E-state index contributed by atoms with van der Waals surface area (Å²) in [5.74, 6) is 0.488. The molecule has 1 aliphatic carbocycles. The highest BCUT2D eigenvalue weighted by molar-refractivity contribution is 6.05. The highest BCUT2D eigenvalue weighted by Crippen LogP contribution is 2.44. The largest absolute Gasteiger partial charge is 0.388 e. The van der Waals surface area contributed by atoms with Crippen molar-refractivity contribution in [3.8, 4) is 0 Å². The van der Waals surface area contributed by atoms with E-state index in [0.29, 0.717) is 18.3 Å². The van der Waals surface area contributed by atoms with E-state index >= 15 is 0 Å². The third-order valence-electron chi connectivity index (χ3n) is 4.75. The molecule has 2 fully saturated rings. The second-order valence-corrected chi connectivity index (χ2v) is 7.32. The molecule has 114 valence electrons. The van der Waals surface area contributed by atoms with Crippen LogP contribution in [-0.2, 0) is 9.59 Å². The van der Waals surface area contributed by atoms with Gasteiger partial charge in [-0.2, -0.15) is 0 Å². The number of carbonyl (C=O) groups excluding carboxylic acids is 2. The highest BCUT2D eigenvalue weighted by Gasteiger charge is 2.53. The molecule has 0 aromatic heterocycles. The quantitative estimate of drug-likeness (QED) is 0.786. The van der Waals surface area contributed by atoms with E-state index < -0.39 is 5.60 Å². The molecule has 0 aromatic rings. The van der Waals surface area contributed by atoms with Crippen molar-refractivity contribution in [2.24, 2.45) is 23.7 Å². The van der Waals surface area contributed by atoms with Crippen LogP contribution in [0.25, 0.3) is 0 Å². The van der Waals surface area contributed by atoms with Crippen LogP contribution in [0.3, 0.4) is 0 Å². The van der Waals surface area contributed by atoms with Crippen molar-refractivity contribution < 1.29 is 14.7 Å². The molecule has 1 N–H and O–H groups in total. The molecule has 3 atom stereocenters. The number of imide groups is 1. The average Bonchev–Trinajstić information content (AvgIpc) is 2.83. The summed E-state index contributed by atoms with van der Waals surface area (Å²) in [6, 6.07) is 0. The molecule has 0 aromatic carbocycles. The molecule has 2 rings (SSSR count). The third-order valence-corrected chi connectivity index (χ3v) is 4.75. The molecule has 2 aliphatic rings. The SMILES string of the molecule is CCC1CC2C(=O)N(CC(C)(O)CC(C)C)C(=O)C2C1. The van der Waals surface area contributed by atoms with Crippen molar-refractivity contribution in [3.05, 3.63) is 0 Å². The van der Waals surface area contributed by atoms with Crippen molar-refractivity contribution in [3.63, 3.8) is 0 Å². The molecule has 4 heteroatoms. The van der Waals surface area contributed by atoms with Crippen LogP contribution < -0.4 is 0 Å². The monoisotopic (exact) mass is 281 g/mol. The van der Waals surface area contributed by atoms with Crippen molar-refractivity contribution in [2.75, 3.05) is 6.54 Å². The Hall–Kier alpha value is -0.900. The summed E-state index contributed by atoms with van der Waals surface area (Å²) in [6.45, 7) is 8.04. The zero-order valence-electron chi connectivity index (χ0n) is 13.1. The number of β-amino-alcohol motifs (C(OH)–C–C–N with tert-alkyl or cyclic N) is 1. The number of rotatable bonds is 5. The number of amides is 2. The van der Waals surface area contributed by atoms with Crippen LogP contribution in [-0.4, -0.2) is 34.0 Å². The van der Waals surface area contributed by atoms with E-state index in [4.69, 9.17) is 0 Å². The van der Waals surface area contributed by atoms with Gasteiger partial charge in [0.2, 0.25) is 11.8 Å². The van der Waals surface area contributed by atoms with Gasteiger partial charge in [0.15, 0.2) is 0 Å². The summed E-state index contributed by atoms with van der Waals surface area (Å²) in [4.78, 5) is 26.2. The number of aliphatic hydroxyl groups is 1. The lowest BCUT2D eigenvalue weighted by Crippen LogP contribution is -2.45. The minimum absolute atomic E-state index is 0.0556. The number of likely N-dealkylation sites (tertiary alicyclic amines) is 1. The Morgan fingerprint density at radius 3 is 2.15 bits per heavy atom. The standard InChI is InChI=1S/C16H27NO3/c1-5-11-6-12-13(7-11)15(19)17(14(12)18)9-16(4,20)8-10(2)3/h10-13,20H,5-9H2,1-4H3. The van der Waals surface area contributed by atoms with Gasteiger partial charge < -0.3 is 5.11 Å². The number of hydrogen-bond donors (Lipinski definition) is 1. The van der Waals surface area contributed by atoms with E-state index in [9.17, 15) is 14.7 Å². The summed E-state index contributed by atoms with van der Waals surface area (Å²) < 4.78 is 0. The van der Waals surface area contributed by atoms with Gasteiger partial charge in [0.05, 0.1) is 24.0 Å². The Morgan fingerprint density at radius 2 is 1.75 bits per heavy atom. The van der Waals surface area contributed by atoms with E-state index in [0.717, 1.165) is 19.3 Å². The van der Waals surface area contributed by atoms with Gasteiger partial charge in [-0.05, 0) is 38.0 Å². The second kappa shape index (κ2) is 5.47. The molecule has 2 amide bonds. The Bertz CT molecular complexity index is 379. The fraction of sp³-hybridized carbons (Fsp3) is 0.875. The van der Waals surface area contributed by atoms with Gasteiger partial charge in [-0.1, -0.05) is 27.2 Å². The molecule has 1 saturated carbocycles. The van der Waals surface area contributed by atoms with Crippen LogP contribution in [0.15, 0.2) is 0 Å². The lowest BCUT2D eigenvalue weighted by Gasteiger charge is -2.30. The van der Waals surface area contributed by atoms with Gasteiger partial charge in [0, 0.05) is 0 Å². The molecule has 1 aliphatic heterocycles. The maximum atomic E-state index is 12.4. The van der Waals surface area contributed by atoms with E-state index in [2.05, 4.69) is 6.92 Å². The molecule has 0 spiro atoms. The summed E-state index contributed by atoms with van der Waals surface area (Å²) >= 11 is 0. The molecule has 0 bridgehead atoms. The minimum atomic E-state index is -0.984. The zero-order chi connectivity index (χ0) is 15.1. The van der Waals surface area contributed by atoms with E-state index in [1.54, 1.807) is 6.92 Å². The summed E-state index contributed by atoms with van der Waals surface area (Å²) in [7, 11) is 0. The Kier molecular flexibility index (Phi) is 4.24. The van der Waals surface area contributed by atoms with Crippen molar-refractivity contribution in [1.29, 1.82) is 0 Å². The van der Waals surface area contributed by atoms with E-state index in [1.807, 2.05) is 13.8 Å². The maximum Gasteiger partial charge on any atom is 0.233 e. The number of nitrogens with zero attached hydrogens (tertiary/aromatic N) is 1. The normalized spacial score (nSPS) is 32.9. The Labute approximate surface area is 121 Å². The third kappa shape index (κ3) is 2.90. The number of fused-ring (bicyclic) bond motifs is 1. The molecule has 20 heavy (non-hydrogen) atoms. The predicted octanol–water partition coefficient (Wildman–Crippen LogP) is 2.20. The topological polar surface area (TPSA) is 57.6 Å². The molecule has 1 saturated heterocycles. The first kappa shape index (κ1) is 15.5. The lowest BCUT2D eigenvalue weighted by atomic mass is 9.93. The molecule has 1 heterocycles. The molecule has 0 radical (unpaired) electrons. The fourth-order valence-electron chi connectivity index (χ4n) is 3.97. The predicted molar refractivity (Wildman–Crippen MR) is 76.8 cm³/mol. The fourth-order valence-corrected chi connectivity index (χ4v) is 3.97. The highest BCUT2D eigenvalue weighted by atomic mass is 16.3. The van der Waals surface area contributed by atoms with Gasteiger partial charge in [0.25, 0.3) is 0 Å². The van der Waals surface area contributed by atoms with Crippen molar-refractivity contribution in [2.45, 2.75) is 59.0 Å². The van der Waals surface area contributed by atoms with Crippen LogP contribution >= 0.6 is 0 Å². The van der Waals surface area contributed by atoms with Crippen LogP contribution in [0.5, 0.6) is 0 Å². The van der Waals surface area contributed by atoms with E-state index in [-0.39, 0.29) is 30.2 Å². The van der Waals surface area contributed by atoms with Gasteiger partial charge in [-0.3, -0.25) is 14.5 Å². The molecule has 3 unspecified atom stereocenters. The van der Waals surface area contributed by atoms with Crippen molar-refractivity contribution in [1.82, 2.24) is 4.90 Å². The smallest absolute Gasteiger partial charge is 0.233 e. The van der Waals surface area contributed by atoms with Crippen LogP contribution in [0, 0.1) is 23.7 Å². The number of carbonyl (C=O) groups is 2. The van der Waals surface area contributed by atoms with Crippen LogP contribution in [0.2, 0.25) is 0 Å². The van der Waals surface area contributed by atoms with Crippen LogP contribution in [0.1, 0.15) is 53.4 Å². The van der Waals surface area contributed by atoms with Crippen LogP contribution in [0.4, 0.5) is 0 Å². The molecule has 4 nitrogen and oxygen atoms in total. The van der Waals surface area contributed by atoms with Gasteiger partial charge in [-0.15, -0.1) is 0 Å². The number of hydrogen-bond acceptors (Lipinski definition) is 3. The minimum Gasteiger partial charge on any atom is -0.388 e. The Morgan fingerprint density at radius 1 is 1.25 bits per heavy atom. The lowest BCUT2D eigenvalue weighted by molar-refractivity contribution is -0.144. The van der Waals surface area contributed by atoms with E-state index in [1.165, 1.54) is 4.90 Å². The van der Waals surface area contributed by atoms with Gasteiger partial charge in [-0.25, -0.2) is 0 Å². The Balaban J connectivity index is 2.05. The zero-order valence-corrected chi connectivity index (χ0v) is 13.1. The average molecular weight is 281 g/mol. The second-order valence-electron chi connectivity index (χ2n) is 7.32. The summed E-state index contributed by atoms with van der Waals surface area (Å²) in [5.41, 5.74) is -0.984. The first-order valence-corrected chi connectivity index (χ1v) is 7.82. The first-order chi connectivity index (χ1) is 9.25. The molecular weight excluding hydrogens is 254 g/mol. The summed E-state index contributed by atoms with van der Waals surface area (Å²) in [5, 5.41) is 10.4. The van der Waals surface area contributed by atoms with Crippen molar-refractivity contribution >= 4 is 11.8 Å². The first-order valence-electron chi connectivity index (χ1n) is 7.82. The van der Waals surface area contributed by atoms with Gasteiger partial charge in [0.1, 0.15) is 0 Å². The maximum absolute atomic E-state index is 12.4. The molecular formula is C16H27NO3. The van der Waals surface area contributed by atoms with Gasteiger partial charge >= 0.3 is 0 Å². The summed E-state index contributed by atoms with van der Waals surface area (Å²) in [6.07, 6.45) is 3.32.